The van der Waals surface area contributed by atoms with Crippen LogP contribution in [-0.4, -0.2) is 65.1 Å². The maximum absolute atomic E-state index is 12.3. The molecule has 1 atom stereocenters. The zero-order chi connectivity index (χ0) is 15.5. The van der Waals surface area contributed by atoms with Gasteiger partial charge in [-0.1, -0.05) is 0 Å². The van der Waals surface area contributed by atoms with Crippen molar-refractivity contribution in [3.63, 3.8) is 0 Å². The Hall–Kier alpha value is -1.18. The van der Waals surface area contributed by atoms with Gasteiger partial charge in [0.25, 0.3) is 0 Å². The van der Waals surface area contributed by atoms with Crippen LogP contribution in [0.3, 0.4) is 0 Å². The summed E-state index contributed by atoms with van der Waals surface area (Å²) in [5, 5.41) is 13.0. The number of aromatic nitrogens is 1. The van der Waals surface area contributed by atoms with Crippen LogP contribution in [0.4, 0.5) is 5.13 Å². The van der Waals surface area contributed by atoms with Gasteiger partial charge in [0.1, 0.15) is 0 Å². The van der Waals surface area contributed by atoms with Gasteiger partial charge in [-0.05, 0) is 33.4 Å². The van der Waals surface area contributed by atoms with Crippen molar-refractivity contribution in [1.82, 2.24) is 14.8 Å². The molecule has 6 nitrogen and oxygen atoms in total. The third-order valence-corrected chi connectivity index (χ3v) is 4.41. The first-order valence-electron chi connectivity index (χ1n) is 7.23. The van der Waals surface area contributed by atoms with E-state index in [0.29, 0.717) is 31.1 Å². The van der Waals surface area contributed by atoms with Crippen molar-refractivity contribution in [3.05, 3.63) is 11.1 Å². The average molecular weight is 312 g/mol. The maximum atomic E-state index is 12.3. The smallest absolute Gasteiger partial charge is 0.223 e. The fourth-order valence-electron chi connectivity index (χ4n) is 2.87. The molecule has 0 saturated carbocycles. The van der Waals surface area contributed by atoms with Crippen molar-refractivity contribution in [2.24, 2.45) is 0 Å². The zero-order valence-corrected chi connectivity index (χ0v) is 13.5. The molecule has 118 valence electrons. The van der Waals surface area contributed by atoms with Gasteiger partial charge in [0, 0.05) is 24.9 Å². The number of nitrogen functional groups attached to an aromatic ring is 1. The number of piperidine rings is 1. The Bertz CT molecular complexity index is 491. The number of anilines is 1. The molecular weight excluding hydrogens is 288 g/mol. The molecule has 0 aliphatic carbocycles. The number of likely N-dealkylation sites (N-methyl/N-ethyl adjacent to an activating group) is 1. The number of thiazole rings is 1. The fourth-order valence-corrected chi connectivity index (χ4v) is 3.47. The molecule has 2 heterocycles. The summed E-state index contributed by atoms with van der Waals surface area (Å²) in [6.45, 7) is 1.73. The standard InChI is InChI=1S/C14H24N4O2S/c1-17(2)9-14(20)6-3-7-18(10-14)12(19)5-4-11-8-21-13(15)16-11/h8,20H,3-7,9-10H2,1-2H3,(H2,15,16). The van der Waals surface area contributed by atoms with E-state index in [0.717, 1.165) is 25.1 Å². The van der Waals surface area contributed by atoms with E-state index in [1.54, 1.807) is 4.90 Å². The van der Waals surface area contributed by atoms with Crippen LogP contribution in [0.1, 0.15) is 25.0 Å². The Kier molecular flexibility index (Phi) is 5.18. The van der Waals surface area contributed by atoms with Crippen molar-refractivity contribution < 1.29 is 9.90 Å². The first kappa shape index (κ1) is 16.2. The van der Waals surface area contributed by atoms with Crippen LogP contribution in [0.25, 0.3) is 0 Å². The van der Waals surface area contributed by atoms with Gasteiger partial charge >= 0.3 is 0 Å². The molecule has 3 N–H and O–H groups in total. The maximum Gasteiger partial charge on any atom is 0.223 e. The van der Waals surface area contributed by atoms with E-state index >= 15 is 0 Å². The molecule has 1 fully saturated rings. The third kappa shape index (κ3) is 4.66. The van der Waals surface area contributed by atoms with Crippen LogP contribution < -0.4 is 5.73 Å². The van der Waals surface area contributed by atoms with E-state index < -0.39 is 5.60 Å². The predicted molar refractivity (Wildman–Crippen MR) is 84.2 cm³/mol. The lowest BCUT2D eigenvalue weighted by atomic mass is 9.92. The molecule has 1 unspecified atom stereocenters. The van der Waals surface area contributed by atoms with Crippen LogP contribution in [-0.2, 0) is 11.2 Å². The van der Waals surface area contributed by atoms with Gasteiger partial charge in [-0.3, -0.25) is 4.79 Å². The van der Waals surface area contributed by atoms with E-state index in [9.17, 15) is 9.90 Å². The largest absolute Gasteiger partial charge is 0.387 e. The summed E-state index contributed by atoms with van der Waals surface area (Å²) in [5.74, 6) is 0.0819. The number of nitrogens with two attached hydrogens (primary N) is 1. The van der Waals surface area contributed by atoms with Crippen LogP contribution in [0.15, 0.2) is 5.38 Å². The van der Waals surface area contributed by atoms with Gasteiger partial charge in [0.05, 0.1) is 17.8 Å². The second-order valence-electron chi connectivity index (χ2n) is 6.06. The minimum absolute atomic E-state index is 0.0819. The minimum atomic E-state index is -0.789. The van der Waals surface area contributed by atoms with Gasteiger partial charge in [-0.2, -0.15) is 0 Å². The van der Waals surface area contributed by atoms with Crippen LogP contribution in [0.5, 0.6) is 0 Å². The second-order valence-corrected chi connectivity index (χ2v) is 6.95. The van der Waals surface area contributed by atoms with E-state index in [1.165, 1.54) is 11.3 Å². The van der Waals surface area contributed by atoms with E-state index in [2.05, 4.69) is 4.98 Å². The molecule has 1 aromatic heterocycles. The van der Waals surface area contributed by atoms with Crippen molar-refractivity contribution in [2.75, 3.05) is 39.5 Å². The summed E-state index contributed by atoms with van der Waals surface area (Å²) >= 11 is 1.39. The highest BCUT2D eigenvalue weighted by molar-refractivity contribution is 7.13. The lowest BCUT2D eigenvalue weighted by Gasteiger charge is -2.40. The van der Waals surface area contributed by atoms with Crippen molar-refractivity contribution in [2.45, 2.75) is 31.3 Å². The minimum Gasteiger partial charge on any atom is -0.387 e. The quantitative estimate of drug-likeness (QED) is 0.831. The molecule has 21 heavy (non-hydrogen) atoms. The number of carbonyl (C=O) groups excluding carboxylic acids is 1. The molecule has 0 bridgehead atoms. The molecule has 7 heteroatoms. The molecule has 1 aliphatic heterocycles. The monoisotopic (exact) mass is 312 g/mol. The molecule has 1 saturated heterocycles. The zero-order valence-electron chi connectivity index (χ0n) is 12.7. The van der Waals surface area contributed by atoms with E-state index in [1.807, 2.05) is 24.4 Å². The summed E-state index contributed by atoms with van der Waals surface area (Å²) < 4.78 is 0. The van der Waals surface area contributed by atoms with Crippen LogP contribution in [0, 0.1) is 0 Å². The number of rotatable bonds is 5. The van der Waals surface area contributed by atoms with Gasteiger partial charge in [0.2, 0.25) is 5.91 Å². The van der Waals surface area contributed by atoms with Crippen LogP contribution in [0.2, 0.25) is 0 Å². The first-order chi connectivity index (χ1) is 9.88. The van der Waals surface area contributed by atoms with Gasteiger partial charge in [-0.15, -0.1) is 11.3 Å². The number of aryl methyl sites for hydroxylation is 1. The number of β-amino-alcohol motifs (C(OH)–C–C–N with tert-alkyl or cyclic N) is 1. The highest BCUT2D eigenvalue weighted by Gasteiger charge is 2.35. The number of aliphatic hydroxyl groups is 1. The SMILES string of the molecule is CN(C)CC1(O)CCCN(C(=O)CCc2csc(N)n2)C1. The van der Waals surface area contributed by atoms with Gasteiger partial charge in [0.15, 0.2) is 5.13 Å². The Morgan fingerprint density at radius 3 is 3.00 bits per heavy atom. The molecule has 2 rings (SSSR count). The summed E-state index contributed by atoms with van der Waals surface area (Å²) in [5.41, 5.74) is 5.66. The third-order valence-electron chi connectivity index (χ3n) is 3.68. The number of nitrogens with zero attached hydrogens (tertiary/aromatic N) is 3. The number of hydrogen-bond donors (Lipinski definition) is 2. The average Bonchev–Trinajstić information content (AvgIpc) is 2.80. The normalized spacial score (nSPS) is 22.8. The van der Waals surface area contributed by atoms with Crippen molar-refractivity contribution in [3.8, 4) is 0 Å². The topological polar surface area (TPSA) is 82.7 Å². The van der Waals surface area contributed by atoms with Crippen molar-refractivity contribution in [1.29, 1.82) is 0 Å². The Labute approximate surface area is 129 Å². The van der Waals surface area contributed by atoms with Crippen LogP contribution >= 0.6 is 11.3 Å². The highest BCUT2D eigenvalue weighted by Crippen LogP contribution is 2.23. The molecule has 0 aromatic carbocycles. The van der Waals surface area contributed by atoms with Crippen molar-refractivity contribution >= 4 is 22.4 Å². The molecule has 1 aliphatic rings. The van der Waals surface area contributed by atoms with Gasteiger partial charge < -0.3 is 20.6 Å². The summed E-state index contributed by atoms with van der Waals surface area (Å²) in [6.07, 6.45) is 2.62. The molecule has 1 amide bonds. The lowest BCUT2D eigenvalue weighted by molar-refractivity contribution is -0.139. The number of carbonyl (C=O) groups is 1. The molecule has 0 spiro atoms. The Morgan fingerprint density at radius 1 is 1.62 bits per heavy atom. The molecule has 0 radical (unpaired) electrons. The summed E-state index contributed by atoms with van der Waals surface area (Å²) in [4.78, 5) is 20.2. The Morgan fingerprint density at radius 2 is 2.38 bits per heavy atom. The van der Waals surface area contributed by atoms with Gasteiger partial charge in [-0.25, -0.2) is 4.98 Å². The van der Waals surface area contributed by atoms with E-state index in [-0.39, 0.29) is 5.91 Å². The number of amides is 1. The summed E-state index contributed by atoms with van der Waals surface area (Å²) in [7, 11) is 3.87. The summed E-state index contributed by atoms with van der Waals surface area (Å²) in [6, 6.07) is 0. The molecular formula is C14H24N4O2S. The Balaban J connectivity index is 1.87. The van der Waals surface area contributed by atoms with E-state index in [4.69, 9.17) is 5.73 Å². The second kappa shape index (κ2) is 6.72. The molecule has 1 aromatic rings. The highest BCUT2D eigenvalue weighted by atomic mass is 32.1. The fraction of sp³-hybridized carbons (Fsp3) is 0.714. The number of likely N-dealkylation sites (tertiary alicyclic amines) is 1. The first-order valence-corrected chi connectivity index (χ1v) is 8.11. The predicted octanol–water partition coefficient (Wildman–Crippen LogP) is 0.573. The number of hydrogen-bond acceptors (Lipinski definition) is 6. The lowest BCUT2D eigenvalue weighted by Crippen LogP contribution is -2.54.